The van der Waals surface area contributed by atoms with Crippen LogP contribution in [0.15, 0.2) is 35.9 Å². The molecule has 1 N–H and O–H groups in total. The van der Waals surface area contributed by atoms with Gasteiger partial charge >= 0.3 is 18.1 Å². The number of benzene rings is 2. The summed E-state index contributed by atoms with van der Waals surface area (Å²) >= 11 is 17.2. The van der Waals surface area contributed by atoms with Crippen molar-refractivity contribution in [3.8, 4) is 11.5 Å². The first-order chi connectivity index (χ1) is 18.1. The van der Waals surface area contributed by atoms with Crippen LogP contribution in [0.4, 0.5) is 18.9 Å². The van der Waals surface area contributed by atoms with Crippen molar-refractivity contribution in [2.45, 2.75) is 49.7 Å². The average Bonchev–Trinajstić information content (AvgIpc) is 3.24. The Balaban J connectivity index is 1.83. The summed E-state index contributed by atoms with van der Waals surface area (Å²) < 4.78 is 52.8. The number of para-hydroxylation sites is 1. The molecule has 3 rings (SSSR count). The van der Waals surface area contributed by atoms with E-state index in [-0.39, 0.29) is 37.1 Å². The monoisotopic (exact) mass is 607 g/mol. The van der Waals surface area contributed by atoms with E-state index in [9.17, 15) is 27.6 Å². The number of methoxy groups -OCH3 is 1. The van der Waals surface area contributed by atoms with E-state index in [0.717, 1.165) is 12.1 Å². The second-order valence-electron chi connectivity index (χ2n) is 8.62. The predicted octanol–water partition coefficient (Wildman–Crippen LogP) is 6.88. The van der Waals surface area contributed by atoms with Crippen molar-refractivity contribution in [3.63, 3.8) is 0 Å². The SMILES string of the molecule is COc1c(C)c2c(c(NC(=O)C(Cl)(Cl)Cl)c1C/C=C(\C)CCC(=O)Oc1ccccc1C(F)(F)F)C(=O)OC2. The fourth-order valence-corrected chi connectivity index (χ4v) is 4.16. The van der Waals surface area contributed by atoms with Gasteiger partial charge in [0.25, 0.3) is 9.70 Å². The molecule has 0 saturated heterocycles. The third kappa shape index (κ3) is 7.17. The van der Waals surface area contributed by atoms with Gasteiger partial charge in [0, 0.05) is 17.5 Å². The molecule has 0 aliphatic carbocycles. The van der Waals surface area contributed by atoms with Crippen molar-refractivity contribution < 1.29 is 41.8 Å². The number of carbonyl (C=O) groups excluding carboxylic acids is 3. The number of hydrogen-bond acceptors (Lipinski definition) is 6. The molecule has 1 aliphatic heterocycles. The summed E-state index contributed by atoms with van der Waals surface area (Å²) in [7, 11) is 1.42. The third-order valence-electron chi connectivity index (χ3n) is 5.97. The minimum atomic E-state index is -4.67. The number of anilines is 1. The maximum absolute atomic E-state index is 13.2. The molecule has 0 fully saturated rings. The summed E-state index contributed by atoms with van der Waals surface area (Å²) in [5, 5.41) is 2.49. The molecule has 39 heavy (non-hydrogen) atoms. The van der Waals surface area contributed by atoms with Gasteiger partial charge in [0.15, 0.2) is 0 Å². The van der Waals surface area contributed by atoms with Gasteiger partial charge in [0.2, 0.25) is 0 Å². The average molecular weight is 609 g/mol. The fourth-order valence-electron chi connectivity index (χ4n) is 4.02. The van der Waals surface area contributed by atoms with Crippen molar-refractivity contribution in [2.24, 2.45) is 0 Å². The zero-order valence-electron chi connectivity index (χ0n) is 20.9. The van der Waals surface area contributed by atoms with Crippen LogP contribution in [0, 0.1) is 6.92 Å². The normalized spacial score (nSPS) is 13.6. The largest absolute Gasteiger partial charge is 0.496 e. The highest BCUT2D eigenvalue weighted by Crippen LogP contribution is 2.42. The standard InChI is InChI=1S/C26H23Cl3F3NO6/c1-13(9-11-19(34)39-18-7-5-4-6-17(18)26(30,31)32)8-10-15-21(33-24(36)25(27,28)29)20-16(12-38-23(20)35)14(2)22(15)37-3/h4-8H,9-12H2,1-3H3,(H,33,36)/b13-8+. The molecular formula is C26H23Cl3F3NO6. The molecule has 1 amide bonds. The zero-order valence-corrected chi connectivity index (χ0v) is 23.2. The number of ether oxygens (including phenoxy) is 3. The Bertz CT molecular complexity index is 1340. The maximum atomic E-state index is 13.2. The lowest BCUT2D eigenvalue weighted by atomic mass is 9.93. The Morgan fingerprint density at radius 1 is 1.15 bits per heavy atom. The summed E-state index contributed by atoms with van der Waals surface area (Å²) in [4.78, 5) is 37.3. The summed E-state index contributed by atoms with van der Waals surface area (Å²) in [6.07, 6.45) is -2.87. The van der Waals surface area contributed by atoms with Crippen LogP contribution in [0.5, 0.6) is 11.5 Å². The molecule has 0 unspecified atom stereocenters. The van der Waals surface area contributed by atoms with Crippen LogP contribution in [0.1, 0.15) is 52.4 Å². The van der Waals surface area contributed by atoms with E-state index >= 15 is 0 Å². The molecule has 7 nitrogen and oxygen atoms in total. The Morgan fingerprint density at radius 3 is 2.44 bits per heavy atom. The zero-order chi connectivity index (χ0) is 29.1. The molecule has 13 heteroatoms. The van der Waals surface area contributed by atoms with Gasteiger partial charge in [0.1, 0.15) is 18.1 Å². The number of fused-ring (bicyclic) bond motifs is 1. The number of alkyl halides is 6. The van der Waals surface area contributed by atoms with E-state index in [1.54, 1.807) is 19.9 Å². The molecular weight excluding hydrogens is 586 g/mol. The Labute approximate surface area is 237 Å². The number of carbonyl (C=O) groups is 3. The Morgan fingerprint density at radius 2 is 1.82 bits per heavy atom. The van der Waals surface area contributed by atoms with Gasteiger partial charge in [0.05, 0.1) is 23.9 Å². The van der Waals surface area contributed by atoms with E-state index in [0.29, 0.717) is 28.0 Å². The Hall–Kier alpha value is -2.95. The number of allylic oxidation sites excluding steroid dienone is 2. The van der Waals surface area contributed by atoms with Crippen molar-refractivity contribution in [1.82, 2.24) is 0 Å². The van der Waals surface area contributed by atoms with Crippen molar-refractivity contribution in [3.05, 3.63) is 63.7 Å². The van der Waals surface area contributed by atoms with Gasteiger partial charge in [-0.25, -0.2) is 4.79 Å². The molecule has 210 valence electrons. The minimum Gasteiger partial charge on any atom is -0.496 e. The second-order valence-corrected chi connectivity index (χ2v) is 10.9. The number of esters is 2. The topological polar surface area (TPSA) is 90.9 Å². The predicted molar refractivity (Wildman–Crippen MR) is 140 cm³/mol. The lowest BCUT2D eigenvalue weighted by Crippen LogP contribution is -2.28. The van der Waals surface area contributed by atoms with Gasteiger partial charge in [-0.2, -0.15) is 13.2 Å². The first-order valence-electron chi connectivity index (χ1n) is 11.4. The highest BCUT2D eigenvalue weighted by Gasteiger charge is 2.37. The molecule has 0 spiro atoms. The third-order valence-corrected chi connectivity index (χ3v) is 6.48. The summed E-state index contributed by atoms with van der Waals surface area (Å²) in [5.41, 5.74) is 1.35. The van der Waals surface area contributed by atoms with Crippen LogP contribution in [0.25, 0.3) is 0 Å². The quantitative estimate of drug-likeness (QED) is 0.152. The number of nitrogens with one attached hydrogen (secondary N) is 1. The van der Waals surface area contributed by atoms with Crippen LogP contribution >= 0.6 is 34.8 Å². The lowest BCUT2D eigenvalue weighted by molar-refractivity contribution is -0.142. The number of halogens is 6. The number of amides is 1. The molecule has 0 saturated carbocycles. The van der Waals surface area contributed by atoms with Crippen LogP contribution < -0.4 is 14.8 Å². The highest BCUT2D eigenvalue weighted by molar-refractivity contribution is 6.76. The molecule has 1 aliphatic rings. The summed E-state index contributed by atoms with van der Waals surface area (Å²) in [6.45, 7) is 3.41. The first-order valence-corrected chi connectivity index (χ1v) is 12.6. The van der Waals surface area contributed by atoms with E-state index in [1.807, 2.05) is 0 Å². The minimum absolute atomic E-state index is 0.0261. The first kappa shape index (κ1) is 30.6. The number of hydrogen-bond donors (Lipinski definition) is 1. The van der Waals surface area contributed by atoms with E-state index in [4.69, 9.17) is 49.0 Å². The van der Waals surface area contributed by atoms with Gasteiger partial charge in [-0.3, -0.25) is 9.59 Å². The number of rotatable bonds is 8. The van der Waals surface area contributed by atoms with Gasteiger partial charge in [-0.05, 0) is 44.4 Å². The maximum Gasteiger partial charge on any atom is 0.419 e. The Kier molecular flexibility index (Phi) is 9.46. The van der Waals surface area contributed by atoms with Gasteiger partial charge < -0.3 is 19.5 Å². The van der Waals surface area contributed by atoms with Crippen molar-refractivity contribution >= 4 is 58.3 Å². The molecule has 2 aromatic carbocycles. The smallest absolute Gasteiger partial charge is 0.419 e. The number of cyclic esters (lactones) is 1. The molecule has 1 heterocycles. The molecule has 0 radical (unpaired) electrons. The van der Waals surface area contributed by atoms with E-state index < -0.39 is 39.1 Å². The van der Waals surface area contributed by atoms with E-state index in [1.165, 1.54) is 19.2 Å². The second kappa shape index (κ2) is 12.1. The molecule has 0 atom stereocenters. The van der Waals surface area contributed by atoms with Gasteiger partial charge in [-0.1, -0.05) is 58.6 Å². The molecule has 0 aromatic heterocycles. The summed E-state index contributed by atoms with van der Waals surface area (Å²) in [6, 6.07) is 4.44. The van der Waals surface area contributed by atoms with Crippen LogP contribution in [-0.2, 0) is 33.5 Å². The van der Waals surface area contributed by atoms with Crippen LogP contribution in [-0.4, -0.2) is 28.7 Å². The summed E-state index contributed by atoms with van der Waals surface area (Å²) in [5.74, 6) is -2.71. The van der Waals surface area contributed by atoms with Gasteiger partial charge in [-0.15, -0.1) is 0 Å². The fraction of sp³-hybridized carbons (Fsp3) is 0.346. The van der Waals surface area contributed by atoms with Crippen LogP contribution in [0.3, 0.4) is 0 Å². The molecule has 2 aromatic rings. The van der Waals surface area contributed by atoms with Crippen molar-refractivity contribution in [2.75, 3.05) is 12.4 Å². The highest BCUT2D eigenvalue weighted by atomic mass is 35.6. The van der Waals surface area contributed by atoms with E-state index in [2.05, 4.69) is 5.32 Å². The van der Waals surface area contributed by atoms with Crippen LogP contribution in [0.2, 0.25) is 0 Å². The molecule has 0 bridgehead atoms. The lowest BCUT2D eigenvalue weighted by Gasteiger charge is -2.21. The van der Waals surface area contributed by atoms with Crippen molar-refractivity contribution in [1.29, 1.82) is 0 Å².